The van der Waals surface area contributed by atoms with E-state index in [4.69, 9.17) is 0 Å². The van der Waals surface area contributed by atoms with Crippen LogP contribution in [0.15, 0.2) is 30.3 Å². The first-order valence-electron chi connectivity index (χ1n) is 12.3. The molecule has 168 valence electrons. The van der Waals surface area contributed by atoms with E-state index >= 15 is 0 Å². The Balaban J connectivity index is 1.26. The SMILES string of the molecule is CN(C)C(CNC(=O)C1CCCN1C(=O)C12CC3CC(CC(C3)C1)C2)c1ccccc1. The second-order valence-electron chi connectivity index (χ2n) is 11.0. The van der Waals surface area contributed by atoms with Crippen molar-refractivity contribution in [2.24, 2.45) is 23.2 Å². The maximum Gasteiger partial charge on any atom is 0.242 e. The van der Waals surface area contributed by atoms with Crippen LogP contribution >= 0.6 is 0 Å². The second-order valence-corrected chi connectivity index (χ2v) is 11.0. The van der Waals surface area contributed by atoms with Crippen LogP contribution in [0.5, 0.6) is 0 Å². The van der Waals surface area contributed by atoms with Gasteiger partial charge in [-0.25, -0.2) is 0 Å². The van der Waals surface area contributed by atoms with E-state index in [2.05, 4.69) is 22.3 Å². The van der Waals surface area contributed by atoms with Crippen LogP contribution in [0.3, 0.4) is 0 Å². The van der Waals surface area contributed by atoms with Crippen LogP contribution in [-0.4, -0.2) is 54.8 Å². The predicted molar refractivity (Wildman–Crippen MR) is 121 cm³/mol. The Bertz CT molecular complexity index is 786. The number of hydrogen-bond donors (Lipinski definition) is 1. The van der Waals surface area contributed by atoms with Gasteiger partial charge in [-0.05, 0) is 88.8 Å². The maximum atomic E-state index is 13.8. The predicted octanol–water partition coefficient (Wildman–Crippen LogP) is 3.61. The fourth-order valence-corrected chi connectivity index (χ4v) is 7.55. The number of amides is 2. The molecule has 31 heavy (non-hydrogen) atoms. The zero-order valence-electron chi connectivity index (χ0n) is 19.1. The lowest BCUT2D eigenvalue weighted by atomic mass is 9.49. The molecule has 5 aliphatic rings. The van der Waals surface area contributed by atoms with Crippen LogP contribution in [0.2, 0.25) is 0 Å². The Labute approximate surface area is 186 Å². The van der Waals surface area contributed by atoms with Gasteiger partial charge in [-0.15, -0.1) is 0 Å². The molecule has 5 heteroatoms. The number of nitrogens with one attached hydrogen (secondary N) is 1. The smallest absolute Gasteiger partial charge is 0.242 e. The third kappa shape index (κ3) is 3.90. The maximum absolute atomic E-state index is 13.8. The topological polar surface area (TPSA) is 52.7 Å². The van der Waals surface area contributed by atoms with E-state index in [0.717, 1.165) is 56.4 Å². The third-order valence-electron chi connectivity index (χ3n) is 8.59. The minimum absolute atomic E-state index is 0.0263. The first-order valence-corrected chi connectivity index (χ1v) is 12.3. The molecule has 1 saturated heterocycles. The van der Waals surface area contributed by atoms with Crippen molar-refractivity contribution in [3.8, 4) is 0 Å². The van der Waals surface area contributed by atoms with Gasteiger partial charge in [0.1, 0.15) is 6.04 Å². The van der Waals surface area contributed by atoms with E-state index in [0.29, 0.717) is 12.5 Å². The summed E-state index contributed by atoms with van der Waals surface area (Å²) in [4.78, 5) is 31.2. The summed E-state index contributed by atoms with van der Waals surface area (Å²) in [6.45, 7) is 1.31. The molecule has 4 bridgehead atoms. The highest BCUT2D eigenvalue weighted by Gasteiger charge is 2.56. The monoisotopic (exact) mass is 423 g/mol. The molecule has 2 unspecified atom stereocenters. The molecule has 2 atom stereocenters. The molecule has 1 aromatic carbocycles. The van der Waals surface area contributed by atoms with Crippen LogP contribution in [0.25, 0.3) is 0 Å². The molecule has 0 radical (unpaired) electrons. The van der Waals surface area contributed by atoms with Gasteiger partial charge in [0.05, 0.1) is 11.5 Å². The zero-order valence-corrected chi connectivity index (χ0v) is 19.1. The van der Waals surface area contributed by atoms with Crippen LogP contribution in [-0.2, 0) is 9.59 Å². The minimum Gasteiger partial charge on any atom is -0.352 e. The standard InChI is InChI=1S/C26H37N3O2/c1-28(2)23(21-7-4-3-5-8-21)17-27-24(30)22-9-6-10-29(22)25(31)26-14-18-11-19(15-26)13-20(12-18)16-26/h3-5,7-8,18-20,22-23H,6,9-17H2,1-2H3,(H,27,30). The fourth-order valence-electron chi connectivity index (χ4n) is 7.55. The number of likely N-dealkylation sites (tertiary alicyclic amines) is 1. The summed E-state index contributed by atoms with van der Waals surface area (Å²) >= 11 is 0. The van der Waals surface area contributed by atoms with Gasteiger partial charge in [0, 0.05) is 13.1 Å². The molecule has 6 rings (SSSR count). The molecule has 5 nitrogen and oxygen atoms in total. The Morgan fingerprint density at radius 1 is 1.06 bits per heavy atom. The van der Waals surface area contributed by atoms with Crippen molar-refractivity contribution in [2.75, 3.05) is 27.2 Å². The summed E-state index contributed by atoms with van der Waals surface area (Å²) in [7, 11) is 4.09. The van der Waals surface area contributed by atoms with E-state index in [1.54, 1.807) is 0 Å². The third-order valence-corrected chi connectivity index (χ3v) is 8.59. The Morgan fingerprint density at radius 2 is 1.68 bits per heavy atom. The van der Waals surface area contributed by atoms with Gasteiger partial charge in [0.2, 0.25) is 11.8 Å². The molecular weight excluding hydrogens is 386 g/mol. The largest absolute Gasteiger partial charge is 0.352 e. The molecule has 1 heterocycles. The first-order chi connectivity index (χ1) is 14.9. The molecule has 5 fully saturated rings. The molecule has 4 saturated carbocycles. The Kier molecular flexibility index (Phi) is 5.58. The van der Waals surface area contributed by atoms with Crippen LogP contribution < -0.4 is 5.32 Å². The summed E-state index contributed by atoms with van der Waals surface area (Å²) < 4.78 is 0. The Hall–Kier alpha value is -1.88. The lowest BCUT2D eigenvalue weighted by Crippen LogP contribution is -2.57. The van der Waals surface area contributed by atoms with Crippen LogP contribution in [0, 0.1) is 23.2 Å². The van der Waals surface area contributed by atoms with E-state index in [1.807, 2.05) is 37.2 Å². The lowest BCUT2D eigenvalue weighted by Gasteiger charge is -2.56. The van der Waals surface area contributed by atoms with Gasteiger partial charge in [-0.3, -0.25) is 9.59 Å². The molecule has 2 amide bonds. The van der Waals surface area contributed by atoms with Crippen molar-refractivity contribution >= 4 is 11.8 Å². The number of benzene rings is 1. The number of likely N-dealkylation sites (N-methyl/N-ethyl adjacent to an activating group) is 1. The summed E-state index contributed by atoms with van der Waals surface area (Å²) in [6, 6.07) is 10.1. The van der Waals surface area contributed by atoms with E-state index in [9.17, 15) is 9.59 Å². The molecule has 0 aromatic heterocycles. The van der Waals surface area contributed by atoms with Crippen molar-refractivity contribution in [1.82, 2.24) is 15.1 Å². The van der Waals surface area contributed by atoms with Crippen LogP contribution in [0.1, 0.15) is 63.0 Å². The molecule has 4 aliphatic carbocycles. The van der Waals surface area contributed by atoms with Crippen LogP contribution in [0.4, 0.5) is 0 Å². The first kappa shape index (κ1) is 21.0. The quantitative estimate of drug-likeness (QED) is 0.760. The number of carbonyl (C=O) groups is 2. The molecular formula is C26H37N3O2. The normalized spacial score (nSPS) is 34.9. The average molecular weight is 424 g/mol. The number of nitrogens with zero attached hydrogens (tertiary/aromatic N) is 2. The van der Waals surface area contributed by atoms with Gasteiger partial charge in [0.15, 0.2) is 0 Å². The highest BCUT2D eigenvalue weighted by atomic mass is 16.2. The summed E-state index contributed by atoms with van der Waals surface area (Å²) in [5.74, 6) is 2.57. The second kappa shape index (κ2) is 8.23. The van der Waals surface area contributed by atoms with Crippen molar-refractivity contribution < 1.29 is 9.59 Å². The van der Waals surface area contributed by atoms with Crippen molar-refractivity contribution in [3.05, 3.63) is 35.9 Å². The summed E-state index contributed by atoms with van der Waals surface area (Å²) in [6.07, 6.45) is 8.94. The Morgan fingerprint density at radius 3 is 2.26 bits per heavy atom. The fraction of sp³-hybridized carbons (Fsp3) is 0.692. The van der Waals surface area contributed by atoms with Gasteiger partial charge in [-0.1, -0.05) is 30.3 Å². The summed E-state index contributed by atoms with van der Waals surface area (Å²) in [5, 5.41) is 3.19. The number of hydrogen-bond acceptors (Lipinski definition) is 3. The van der Waals surface area contributed by atoms with Gasteiger partial charge in [0.25, 0.3) is 0 Å². The zero-order chi connectivity index (χ0) is 21.6. The van der Waals surface area contributed by atoms with Gasteiger partial charge < -0.3 is 15.1 Å². The summed E-state index contributed by atoms with van der Waals surface area (Å²) in [5.41, 5.74) is 1.04. The van der Waals surface area contributed by atoms with E-state index < -0.39 is 0 Å². The highest BCUT2D eigenvalue weighted by Crippen LogP contribution is 2.60. The highest BCUT2D eigenvalue weighted by molar-refractivity contribution is 5.91. The number of carbonyl (C=O) groups excluding carboxylic acids is 2. The van der Waals surface area contributed by atoms with E-state index in [-0.39, 0.29) is 23.4 Å². The van der Waals surface area contributed by atoms with Crippen molar-refractivity contribution in [3.63, 3.8) is 0 Å². The lowest BCUT2D eigenvalue weighted by molar-refractivity contribution is -0.160. The van der Waals surface area contributed by atoms with E-state index in [1.165, 1.54) is 24.8 Å². The average Bonchev–Trinajstić information content (AvgIpc) is 3.22. The van der Waals surface area contributed by atoms with Gasteiger partial charge >= 0.3 is 0 Å². The minimum atomic E-state index is -0.293. The number of rotatable bonds is 6. The van der Waals surface area contributed by atoms with Crippen molar-refractivity contribution in [1.29, 1.82) is 0 Å². The molecule has 1 aromatic rings. The van der Waals surface area contributed by atoms with Gasteiger partial charge in [-0.2, -0.15) is 0 Å². The molecule has 1 N–H and O–H groups in total. The molecule has 1 aliphatic heterocycles. The molecule has 0 spiro atoms. The van der Waals surface area contributed by atoms with Crippen molar-refractivity contribution in [2.45, 2.75) is 63.5 Å².